The summed E-state index contributed by atoms with van der Waals surface area (Å²) in [5.41, 5.74) is 5.01. The molecule has 0 spiro atoms. The van der Waals surface area contributed by atoms with Gasteiger partial charge < -0.3 is 15.8 Å². The quantitative estimate of drug-likeness (QED) is 0.448. The Morgan fingerprint density at radius 3 is 2.70 bits per heavy atom. The standard InChI is InChI=1S/C11H17N5O4/c1-6(2)4-7(11(17)20-3)15-10-8(16(18)19)9(12)13-5-14-10/h5-7H,4H2,1-3H3,(H3,12,13,14,15). The van der Waals surface area contributed by atoms with E-state index in [0.29, 0.717) is 6.42 Å². The summed E-state index contributed by atoms with van der Waals surface area (Å²) in [7, 11) is 1.25. The Morgan fingerprint density at radius 2 is 2.20 bits per heavy atom. The van der Waals surface area contributed by atoms with Crippen molar-refractivity contribution in [2.24, 2.45) is 5.92 Å². The molecule has 0 radical (unpaired) electrons. The Bertz CT molecular complexity index is 506. The Hall–Kier alpha value is -2.45. The number of nitrogens with zero attached hydrogens (tertiary/aromatic N) is 3. The highest BCUT2D eigenvalue weighted by Crippen LogP contribution is 2.27. The van der Waals surface area contributed by atoms with Crippen LogP contribution in [0.3, 0.4) is 0 Å². The monoisotopic (exact) mass is 283 g/mol. The molecule has 1 unspecified atom stereocenters. The summed E-state index contributed by atoms with van der Waals surface area (Å²) >= 11 is 0. The van der Waals surface area contributed by atoms with Crippen LogP contribution >= 0.6 is 0 Å². The summed E-state index contributed by atoms with van der Waals surface area (Å²) in [6.07, 6.45) is 1.53. The van der Waals surface area contributed by atoms with Gasteiger partial charge in [0, 0.05) is 0 Å². The maximum absolute atomic E-state index is 11.7. The van der Waals surface area contributed by atoms with Crippen molar-refractivity contribution in [3.8, 4) is 0 Å². The second-order valence-corrected chi connectivity index (χ2v) is 4.56. The van der Waals surface area contributed by atoms with Gasteiger partial charge in [-0.1, -0.05) is 13.8 Å². The molecule has 0 aliphatic carbocycles. The molecule has 110 valence electrons. The van der Waals surface area contributed by atoms with E-state index in [1.807, 2.05) is 13.8 Å². The molecule has 0 aliphatic heterocycles. The van der Waals surface area contributed by atoms with Crippen LogP contribution < -0.4 is 11.1 Å². The fourth-order valence-corrected chi connectivity index (χ4v) is 1.67. The molecular formula is C11H17N5O4. The number of carbonyl (C=O) groups excluding carboxylic acids is 1. The van der Waals surface area contributed by atoms with Crippen molar-refractivity contribution in [2.75, 3.05) is 18.2 Å². The predicted octanol–water partition coefficient (Wildman–Crippen LogP) is 0.967. The minimum absolute atomic E-state index is 0.0986. The van der Waals surface area contributed by atoms with Crippen molar-refractivity contribution in [1.82, 2.24) is 9.97 Å². The first-order valence-corrected chi connectivity index (χ1v) is 5.96. The van der Waals surface area contributed by atoms with E-state index < -0.39 is 22.6 Å². The number of methoxy groups -OCH3 is 1. The number of rotatable bonds is 6. The lowest BCUT2D eigenvalue weighted by molar-refractivity contribution is -0.383. The molecule has 1 heterocycles. The molecule has 0 saturated heterocycles. The van der Waals surface area contributed by atoms with Crippen LogP contribution in [0.25, 0.3) is 0 Å². The van der Waals surface area contributed by atoms with Gasteiger partial charge in [-0.05, 0) is 12.3 Å². The van der Waals surface area contributed by atoms with Crippen LogP contribution in [0.1, 0.15) is 20.3 Å². The summed E-state index contributed by atoms with van der Waals surface area (Å²) in [5.74, 6) is -0.700. The number of esters is 1. The third-order valence-corrected chi connectivity index (χ3v) is 2.54. The van der Waals surface area contributed by atoms with Gasteiger partial charge in [-0.3, -0.25) is 10.1 Å². The summed E-state index contributed by atoms with van der Waals surface area (Å²) in [5, 5.41) is 13.7. The zero-order valence-electron chi connectivity index (χ0n) is 11.5. The summed E-state index contributed by atoms with van der Waals surface area (Å²) in [4.78, 5) is 29.3. The average molecular weight is 283 g/mol. The van der Waals surface area contributed by atoms with Gasteiger partial charge >= 0.3 is 11.7 Å². The molecule has 0 fully saturated rings. The first-order chi connectivity index (χ1) is 9.36. The second-order valence-electron chi connectivity index (χ2n) is 4.56. The number of hydrogen-bond donors (Lipinski definition) is 2. The molecule has 1 aromatic rings. The van der Waals surface area contributed by atoms with Crippen molar-refractivity contribution in [3.63, 3.8) is 0 Å². The topological polar surface area (TPSA) is 133 Å². The highest BCUT2D eigenvalue weighted by molar-refractivity contribution is 5.80. The number of nitrogens with one attached hydrogen (secondary N) is 1. The fourth-order valence-electron chi connectivity index (χ4n) is 1.67. The summed E-state index contributed by atoms with van der Waals surface area (Å²) in [6, 6.07) is -0.743. The van der Waals surface area contributed by atoms with Gasteiger partial charge in [0.05, 0.1) is 12.0 Å². The van der Waals surface area contributed by atoms with Crippen LogP contribution in [-0.4, -0.2) is 34.0 Å². The molecule has 1 aromatic heterocycles. The lowest BCUT2D eigenvalue weighted by Crippen LogP contribution is -2.32. The van der Waals surface area contributed by atoms with Crippen LogP contribution in [-0.2, 0) is 9.53 Å². The Balaban J connectivity index is 3.08. The highest BCUT2D eigenvalue weighted by atomic mass is 16.6. The number of nitrogen functional groups attached to an aromatic ring is 1. The zero-order chi connectivity index (χ0) is 15.3. The van der Waals surface area contributed by atoms with E-state index in [1.165, 1.54) is 7.11 Å². The molecule has 9 nitrogen and oxygen atoms in total. The van der Waals surface area contributed by atoms with Crippen LogP contribution in [0.15, 0.2) is 6.33 Å². The van der Waals surface area contributed by atoms with Crippen molar-refractivity contribution < 1.29 is 14.5 Å². The molecular weight excluding hydrogens is 266 g/mol. The van der Waals surface area contributed by atoms with Crippen molar-refractivity contribution in [3.05, 3.63) is 16.4 Å². The third-order valence-electron chi connectivity index (χ3n) is 2.54. The van der Waals surface area contributed by atoms with Crippen LogP contribution in [0, 0.1) is 16.0 Å². The number of ether oxygens (including phenoxy) is 1. The van der Waals surface area contributed by atoms with Gasteiger partial charge in [0.15, 0.2) is 0 Å². The SMILES string of the molecule is COC(=O)C(CC(C)C)Nc1ncnc(N)c1[N+](=O)[O-]. The summed E-state index contributed by atoms with van der Waals surface area (Å²) < 4.78 is 4.67. The maximum atomic E-state index is 11.7. The molecule has 3 N–H and O–H groups in total. The van der Waals surface area contributed by atoms with E-state index in [1.54, 1.807) is 0 Å². The molecule has 9 heteroatoms. The molecule has 0 amide bonds. The minimum Gasteiger partial charge on any atom is -0.467 e. The number of anilines is 2. The lowest BCUT2D eigenvalue weighted by Gasteiger charge is -2.18. The normalized spacial score (nSPS) is 12.0. The van der Waals surface area contributed by atoms with Gasteiger partial charge in [-0.25, -0.2) is 14.8 Å². The Kier molecular flexibility index (Phi) is 5.18. The highest BCUT2D eigenvalue weighted by Gasteiger charge is 2.27. The molecule has 0 saturated carbocycles. The zero-order valence-corrected chi connectivity index (χ0v) is 11.5. The number of hydrogen-bond acceptors (Lipinski definition) is 8. The van der Waals surface area contributed by atoms with E-state index in [2.05, 4.69) is 20.0 Å². The number of nitro groups is 1. The van der Waals surface area contributed by atoms with Crippen molar-refractivity contribution in [1.29, 1.82) is 0 Å². The van der Waals surface area contributed by atoms with Gasteiger partial charge in [0.2, 0.25) is 11.6 Å². The van der Waals surface area contributed by atoms with E-state index >= 15 is 0 Å². The second kappa shape index (κ2) is 6.64. The van der Waals surface area contributed by atoms with Crippen molar-refractivity contribution in [2.45, 2.75) is 26.3 Å². The van der Waals surface area contributed by atoms with Gasteiger partial charge in [0.1, 0.15) is 12.4 Å². The van der Waals surface area contributed by atoms with Gasteiger partial charge in [0.25, 0.3) is 0 Å². The number of aromatic nitrogens is 2. The molecule has 1 atom stereocenters. The fraction of sp³-hybridized carbons (Fsp3) is 0.545. The third kappa shape index (κ3) is 3.77. The van der Waals surface area contributed by atoms with Crippen LogP contribution in [0.5, 0.6) is 0 Å². The van der Waals surface area contributed by atoms with E-state index in [-0.39, 0.29) is 17.6 Å². The summed E-state index contributed by atoms with van der Waals surface area (Å²) in [6.45, 7) is 3.83. The largest absolute Gasteiger partial charge is 0.467 e. The van der Waals surface area contributed by atoms with Gasteiger partial charge in [-0.15, -0.1) is 0 Å². The lowest BCUT2D eigenvalue weighted by atomic mass is 10.0. The average Bonchev–Trinajstić information content (AvgIpc) is 2.36. The predicted molar refractivity (Wildman–Crippen MR) is 72.0 cm³/mol. The molecule has 0 aliphatic rings. The molecule has 1 rings (SSSR count). The smallest absolute Gasteiger partial charge is 0.353 e. The van der Waals surface area contributed by atoms with E-state index in [9.17, 15) is 14.9 Å². The molecule has 20 heavy (non-hydrogen) atoms. The molecule has 0 bridgehead atoms. The number of carbonyl (C=O) groups is 1. The first-order valence-electron chi connectivity index (χ1n) is 5.96. The van der Waals surface area contributed by atoms with E-state index in [0.717, 1.165) is 6.33 Å². The van der Waals surface area contributed by atoms with Crippen LogP contribution in [0.4, 0.5) is 17.3 Å². The van der Waals surface area contributed by atoms with Crippen molar-refractivity contribution >= 4 is 23.3 Å². The number of nitrogens with two attached hydrogens (primary N) is 1. The Labute approximate surface area is 115 Å². The Morgan fingerprint density at radius 1 is 1.55 bits per heavy atom. The minimum atomic E-state index is -0.743. The van der Waals surface area contributed by atoms with Gasteiger partial charge in [-0.2, -0.15) is 0 Å². The maximum Gasteiger partial charge on any atom is 0.353 e. The van der Waals surface area contributed by atoms with Crippen LogP contribution in [0.2, 0.25) is 0 Å². The first kappa shape index (κ1) is 15.6. The molecule has 0 aromatic carbocycles. The van der Waals surface area contributed by atoms with E-state index in [4.69, 9.17) is 5.73 Å².